The van der Waals surface area contributed by atoms with Gasteiger partial charge in [-0.05, 0) is 55.3 Å². The quantitative estimate of drug-likeness (QED) is 0.649. The molecule has 2 aromatic rings. The average molecular weight is 425 g/mol. The Bertz CT molecular complexity index is 703. The molecule has 0 atom stereocenters. The summed E-state index contributed by atoms with van der Waals surface area (Å²) in [6.07, 6.45) is 2.60. The van der Waals surface area contributed by atoms with Gasteiger partial charge in [-0.1, -0.05) is 40.2 Å². The van der Waals surface area contributed by atoms with Gasteiger partial charge in [-0.3, -0.25) is 4.90 Å². The van der Waals surface area contributed by atoms with Gasteiger partial charge in [0.15, 0.2) is 0 Å². The molecule has 140 valence electrons. The summed E-state index contributed by atoms with van der Waals surface area (Å²) in [5.41, 5.74) is 3.20. The number of benzene rings is 2. The summed E-state index contributed by atoms with van der Waals surface area (Å²) in [5.74, 6) is 0.205. The molecular weight excluding hydrogens is 402 g/mol. The molecule has 1 heterocycles. The van der Waals surface area contributed by atoms with Gasteiger partial charge in [0.2, 0.25) is 0 Å². The summed E-state index contributed by atoms with van der Waals surface area (Å²) in [4.78, 5) is 2.48. The Morgan fingerprint density at radius 1 is 1.00 bits per heavy atom. The van der Waals surface area contributed by atoms with Gasteiger partial charge in [0.1, 0.15) is 5.75 Å². The molecular formula is C20H23BrF2N2O. The van der Waals surface area contributed by atoms with E-state index in [1.807, 2.05) is 0 Å². The van der Waals surface area contributed by atoms with Crippen molar-refractivity contribution in [2.75, 3.05) is 13.1 Å². The molecule has 1 saturated heterocycles. The molecule has 3 rings (SSSR count). The number of nitrogens with one attached hydrogen (secondary N) is 1. The third-order valence-corrected chi connectivity index (χ3v) is 5.00. The van der Waals surface area contributed by atoms with Crippen LogP contribution in [0.5, 0.6) is 5.75 Å². The summed E-state index contributed by atoms with van der Waals surface area (Å²) in [7, 11) is 0. The number of nitrogens with zero attached hydrogens (tertiary/aromatic N) is 1. The Labute approximate surface area is 161 Å². The maximum absolute atomic E-state index is 12.5. The van der Waals surface area contributed by atoms with E-state index in [2.05, 4.69) is 55.1 Å². The summed E-state index contributed by atoms with van der Waals surface area (Å²) in [6.45, 7) is 1.71. The van der Waals surface area contributed by atoms with Gasteiger partial charge in [0.05, 0.1) is 0 Å². The van der Waals surface area contributed by atoms with Crippen LogP contribution in [0.15, 0.2) is 46.9 Å². The Balaban J connectivity index is 1.52. The Morgan fingerprint density at radius 3 is 2.38 bits per heavy atom. The maximum Gasteiger partial charge on any atom is 0.387 e. The van der Waals surface area contributed by atoms with Crippen molar-refractivity contribution in [2.45, 2.75) is 39.1 Å². The van der Waals surface area contributed by atoms with Crippen molar-refractivity contribution in [3.05, 3.63) is 63.6 Å². The van der Waals surface area contributed by atoms with Crippen molar-refractivity contribution in [3.8, 4) is 5.75 Å². The monoisotopic (exact) mass is 424 g/mol. The van der Waals surface area contributed by atoms with Crippen molar-refractivity contribution >= 4 is 15.9 Å². The van der Waals surface area contributed by atoms with Gasteiger partial charge in [-0.25, -0.2) is 0 Å². The molecule has 0 saturated carbocycles. The molecule has 3 nitrogen and oxygen atoms in total. The van der Waals surface area contributed by atoms with E-state index in [0.29, 0.717) is 18.7 Å². The fourth-order valence-corrected chi connectivity index (χ4v) is 3.61. The minimum absolute atomic E-state index is 0.205. The highest BCUT2D eigenvalue weighted by atomic mass is 79.9. The van der Waals surface area contributed by atoms with Gasteiger partial charge in [0, 0.05) is 29.7 Å². The van der Waals surface area contributed by atoms with Gasteiger partial charge in [-0.2, -0.15) is 8.78 Å². The summed E-state index contributed by atoms with van der Waals surface area (Å²) < 4.78 is 30.4. The first kappa shape index (κ1) is 19.3. The molecule has 0 aliphatic carbocycles. The molecule has 1 aliphatic heterocycles. The van der Waals surface area contributed by atoms with E-state index in [4.69, 9.17) is 0 Å². The first-order chi connectivity index (χ1) is 12.6. The second-order valence-electron chi connectivity index (χ2n) is 6.53. The second-order valence-corrected chi connectivity index (χ2v) is 7.45. The Hall–Kier alpha value is -1.50. The molecule has 1 fully saturated rings. The normalized spacial score (nSPS) is 14.9. The molecule has 0 aromatic heterocycles. The van der Waals surface area contributed by atoms with E-state index < -0.39 is 6.61 Å². The molecule has 0 spiro atoms. The topological polar surface area (TPSA) is 24.5 Å². The number of hydrogen-bond donors (Lipinski definition) is 1. The lowest BCUT2D eigenvalue weighted by molar-refractivity contribution is -0.0505. The van der Waals surface area contributed by atoms with Crippen LogP contribution in [0, 0.1) is 0 Å². The number of hydrogen-bond acceptors (Lipinski definition) is 3. The molecule has 0 bridgehead atoms. The predicted molar refractivity (Wildman–Crippen MR) is 102 cm³/mol. The lowest BCUT2D eigenvalue weighted by atomic mass is 10.1. The number of ether oxygens (including phenoxy) is 1. The average Bonchev–Trinajstić information content (AvgIpc) is 3.11. The van der Waals surface area contributed by atoms with E-state index in [9.17, 15) is 8.78 Å². The fourth-order valence-electron chi connectivity index (χ4n) is 3.20. The largest absolute Gasteiger partial charge is 0.434 e. The van der Waals surface area contributed by atoms with Crippen LogP contribution in [0.2, 0.25) is 0 Å². The van der Waals surface area contributed by atoms with Crippen LogP contribution >= 0.6 is 15.9 Å². The van der Waals surface area contributed by atoms with Crippen molar-refractivity contribution in [2.24, 2.45) is 0 Å². The smallest absolute Gasteiger partial charge is 0.387 e. The second kappa shape index (κ2) is 9.44. The summed E-state index contributed by atoms with van der Waals surface area (Å²) in [5, 5.41) is 3.30. The first-order valence-electron chi connectivity index (χ1n) is 8.84. The minimum atomic E-state index is -2.82. The van der Waals surface area contributed by atoms with Crippen LogP contribution < -0.4 is 10.1 Å². The Kier molecular flexibility index (Phi) is 7.00. The molecule has 1 N–H and O–H groups in total. The zero-order valence-corrected chi connectivity index (χ0v) is 16.1. The van der Waals surface area contributed by atoms with Crippen molar-refractivity contribution in [1.29, 1.82) is 0 Å². The van der Waals surface area contributed by atoms with E-state index in [0.717, 1.165) is 11.0 Å². The maximum atomic E-state index is 12.5. The molecule has 2 aromatic carbocycles. The van der Waals surface area contributed by atoms with Crippen LogP contribution in [-0.2, 0) is 19.6 Å². The molecule has 0 unspecified atom stereocenters. The minimum Gasteiger partial charge on any atom is -0.434 e. The van der Waals surface area contributed by atoms with Crippen LogP contribution in [0.3, 0.4) is 0 Å². The molecule has 26 heavy (non-hydrogen) atoms. The summed E-state index contributed by atoms with van der Waals surface area (Å²) >= 11 is 3.37. The number of halogens is 3. The lowest BCUT2D eigenvalue weighted by Gasteiger charge is -2.15. The Morgan fingerprint density at radius 2 is 1.69 bits per heavy atom. The van der Waals surface area contributed by atoms with Crippen LogP contribution in [0.4, 0.5) is 8.78 Å². The SMILES string of the molecule is FC(F)Oc1ccc(Br)cc1CNCc1ccc(CN2CCCC2)cc1. The molecule has 0 amide bonds. The third-order valence-electron chi connectivity index (χ3n) is 4.51. The predicted octanol–water partition coefficient (Wildman–Crippen LogP) is 4.94. The van der Waals surface area contributed by atoms with E-state index in [-0.39, 0.29) is 5.75 Å². The first-order valence-corrected chi connectivity index (χ1v) is 9.63. The van der Waals surface area contributed by atoms with Crippen LogP contribution in [0.25, 0.3) is 0 Å². The zero-order valence-electron chi connectivity index (χ0n) is 14.6. The highest BCUT2D eigenvalue weighted by Gasteiger charge is 2.12. The van der Waals surface area contributed by atoms with E-state index in [1.165, 1.54) is 37.1 Å². The van der Waals surface area contributed by atoms with Gasteiger partial charge in [0.25, 0.3) is 0 Å². The fraction of sp³-hybridized carbons (Fsp3) is 0.400. The highest BCUT2D eigenvalue weighted by Crippen LogP contribution is 2.25. The van der Waals surface area contributed by atoms with E-state index in [1.54, 1.807) is 18.2 Å². The zero-order chi connectivity index (χ0) is 18.4. The third kappa shape index (κ3) is 5.76. The van der Waals surface area contributed by atoms with Crippen LogP contribution in [-0.4, -0.2) is 24.6 Å². The van der Waals surface area contributed by atoms with E-state index >= 15 is 0 Å². The van der Waals surface area contributed by atoms with Crippen molar-refractivity contribution in [3.63, 3.8) is 0 Å². The molecule has 0 radical (unpaired) electrons. The molecule has 6 heteroatoms. The van der Waals surface area contributed by atoms with Crippen LogP contribution in [0.1, 0.15) is 29.5 Å². The van der Waals surface area contributed by atoms with Gasteiger partial charge in [-0.15, -0.1) is 0 Å². The lowest BCUT2D eigenvalue weighted by Crippen LogP contribution is -2.18. The standard InChI is InChI=1S/C20H23BrF2N2O/c21-18-7-8-19(26-20(22)23)17(11-18)13-24-12-15-3-5-16(6-4-15)14-25-9-1-2-10-25/h3-8,11,20,24H,1-2,9-10,12-14H2. The van der Waals surface area contributed by atoms with Gasteiger partial charge >= 0.3 is 6.61 Å². The number of likely N-dealkylation sites (tertiary alicyclic amines) is 1. The number of rotatable bonds is 8. The van der Waals surface area contributed by atoms with Crippen molar-refractivity contribution < 1.29 is 13.5 Å². The summed E-state index contributed by atoms with van der Waals surface area (Å²) in [6, 6.07) is 13.6. The number of alkyl halides is 2. The highest BCUT2D eigenvalue weighted by molar-refractivity contribution is 9.10. The van der Waals surface area contributed by atoms with Gasteiger partial charge < -0.3 is 10.1 Å². The molecule has 1 aliphatic rings. The van der Waals surface area contributed by atoms with Crippen molar-refractivity contribution in [1.82, 2.24) is 10.2 Å².